The predicted octanol–water partition coefficient (Wildman–Crippen LogP) is 1.91. The zero-order valence-corrected chi connectivity index (χ0v) is 15.0. The van der Waals surface area contributed by atoms with Crippen molar-refractivity contribution in [2.75, 3.05) is 19.6 Å². The third kappa shape index (κ3) is 4.05. The number of nitrogens with zero attached hydrogens (tertiary/aromatic N) is 3. The van der Waals surface area contributed by atoms with Crippen molar-refractivity contribution in [3.63, 3.8) is 0 Å². The Kier molecular flexibility index (Phi) is 5.45. The van der Waals surface area contributed by atoms with Crippen LogP contribution in [0.1, 0.15) is 34.6 Å². The molecule has 0 spiro atoms. The quantitative estimate of drug-likeness (QED) is 0.885. The van der Waals surface area contributed by atoms with Gasteiger partial charge >= 0.3 is 0 Å². The maximum atomic E-state index is 12.7. The number of hydrogen-bond donors (Lipinski definition) is 1. The summed E-state index contributed by atoms with van der Waals surface area (Å²) in [5.41, 5.74) is 6.03. The highest BCUT2D eigenvalue weighted by atomic mass is 32.1. The van der Waals surface area contributed by atoms with Crippen LogP contribution in [0, 0.1) is 0 Å². The number of hydrogen-bond acceptors (Lipinski definition) is 5. The van der Waals surface area contributed by atoms with E-state index >= 15 is 0 Å². The van der Waals surface area contributed by atoms with Gasteiger partial charge in [0.2, 0.25) is 5.91 Å². The van der Waals surface area contributed by atoms with Gasteiger partial charge in [-0.05, 0) is 30.5 Å². The first-order chi connectivity index (χ1) is 12.1. The maximum Gasteiger partial charge on any atom is 0.255 e. The molecule has 3 rings (SSSR count). The van der Waals surface area contributed by atoms with Crippen LogP contribution in [-0.2, 0) is 4.79 Å². The van der Waals surface area contributed by atoms with Gasteiger partial charge in [-0.25, -0.2) is 0 Å². The van der Waals surface area contributed by atoms with E-state index in [1.807, 2.05) is 6.07 Å². The van der Waals surface area contributed by atoms with E-state index in [0.29, 0.717) is 25.2 Å². The minimum absolute atomic E-state index is 0.0500. The molecule has 0 radical (unpaired) electrons. The Hall–Kier alpha value is -2.25. The van der Waals surface area contributed by atoms with Crippen LogP contribution < -0.4 is 5.73 Å². The van der Waals surface area contributed by atoms with Crippen molar-refractivity contribution in [2.45, 2.75) is 25.4 Å². The molecule has 2 aromatic heterocycles. The van der Waals surface area contributed by atoms with Gasteiger partial charge in [0.15, 0.2) is 0 Å². The van der Waals surface area contributed by atoms with Crippen LogP contribution in [0.3, 0.4) is 0 Å². The lowest BCUT2D eigenvalue weighted by atomic mass is 10.0. The lowest BCUT2D eigenvalue weighted by Crippen LogP contribution is -2.56. The summed E-state index contributed by atoms with van der Waals surface area (Å²) in [5.74, 6) is -0.393. The lowest BCUT2D eigenvalue weighted by molar-refractivity contribution is -0.120. The Labute approximate surface area is 151 Å². The first-order valence-electron chi connectivity index (χ1n) is 8.33. The standard InChI is InChI=1S/C18H22N4O2S/c1-13(16-5-3-9-25-16)22-8-7-21(12-15(22)10-17(19)23)18(24)14-4-2-6-20-11-14/h2-6,9,11,13,15H,7-8,10,12H2,1H3,(H2,19,23). The van der Waals surface area contributed by atoms with E-state index in [0.717, 1.165) is 0 Å². The molecule has 0 saturated carbocycles. The Bertz CT molecular complexity index is 720. The van der Waals surface area contributed by atoms with Crippen LogP contribution in [0.2, 0.25) is 0 Å². The Morgan fingerprint density at radius 3 is 2.84 bits per heavy atom. The second-order valence-electron chi connectivity index (χ2n) is 6.25. The highest BCUT2D eigenvalue weighted by molar-refractivity contribution is 7.10. The van der Waals surface area contributed by atoms with E-state index in [2.05, 4.69) is 28.3 Å². The molecular weight excluding hydrogens is 336 g/mol. The Morgan fingerprint density at radius 1 is 1.36 bits per heavy atom. The van der Waals surface area contributed by atoms with E-state index in [1.165, 1.54) is 4.88 Å². The number of nitrogens with two attached hydrogens (primary N) is 1. The van der Waals surface area contributed by atoms with Gasteiger partial charge in [0.1, 0.15) is 0 Å². The Balaban J connectivity index is 1.76. The van der Waals surface area contributed by atoms with Gasteiger partial charge in [0.05, 0.1) is 5.56 Å². The maximum absolute atomic E-state index is 12.7. The molecule has 1 aliphatic heterocycles. The molecule has 6 nitrogen and oxygen atoms in total. The van der Waals surface area contributed by atoms with Crippen molar-refractivity contribution in [2.24, 2.45) is 5.73 Å². The highest BCUT2D eigenvalue weighted by Crippen LogP contribution is 2.29. The molecule has 0 aromatic carbocycles. The largest absolute Gasteiger partial charge is 0.370 e. The number of piperazine rings is 1. The average molecular weight is 358 g/mol. The molecule has 2 atom stereocenters. The summed E-state index contributed by atoms with van der Waals surface area (Å²) >= 11 is 1.70. The van der Waals surface area contributed by atoms with Crippen molar-refractivity contribution in [1.29, 1.82) is 0 Å². The minimum atomic E-state index is -0.343. The summed E-state index contributed by atoms with van der Waals surface area (Å²) < 4.78 is 0. The minimum Gasteiger partial charge on any atom is -0.370 e. The third-order valence-corrected chi connectivity index (χ3v) is 5.66. The molecule has 2 aromatic rings. The van der Waals surface area contributed by atoms with Gasteiger partial charge in [0, 0.05) is 55.4 Å². The number of carbonyl (C=O) groups excluding carboxylic acids is 2. The number of amides is 2. The number of pyridine rings is 1. The molecular formula is C18H22N4O2S. The van der Waals surface area contributed by atoms with E-state index in [9.17, 15) is 9.59 Å². The molecule has 2 amide bonds. The number of carbonyl (C=O) groups is 2. The molecule has 25 heavy (non-hydrogen) atoms. The van der Waals surface area contributed by atoms with E-state index in [4.69, 9.17) is 5.73 Å². The molecule has 1 saturated heterocycles. The summed E-state index contributed by atoms with van der Waals surface area (Å²) in [6, 6.07) is 7.76. The highest BCUT2D eigenvalue weighted by Gasteiger charge is 2.34. The molecule has 1 aliphatic rings. The van der Waals surface area contributed by atoms with E-state index in [1.54, 1.807) is 40.8 Å². The van der Waals surface area contributed by atoms with Gasteiger partial charge < -0.3 is 10.6 Å². The SMILES string of the molecule is CC(c1cccs1)N1CCN(C(=O)c2cccnc2)CC1CC(N)=O. The predicted molar refractivity (Wildman–Crippen MR) is 97.2 cm³/mol. The second-order valence-corrected chi connectivity index (χ2v) is 7.23. The summed E-state index contributed by atoms with van der Waals surface area (Å²) in [4.78, 5) is 33.6. The molecule has 0 bridgehead atoms. The fraction of sp³-hybridized carbons (Fsp3) is 0.389. The van der Waals surface area contributed by atoms with Crippen LogP contribution in [0.15, 0.2) is 42.0 Å². The van der Waals surface area contributed by atoms with E-state index in [-0.39, 0.29) is 30.3 Å². The van der Waals surface area contributed by atoms with Gasteiger partial charge in [-0.1, -0.05) is 6.07 Å². The van der Waals surface area contributed by atoms with Gasteiger partial charge in [-0.2, -0.15) is 0 Å². The third-order valence-electron chi connectivity index (χ3n) is 4.61. The number of thiophene rings is 1. The Morgan fingerprint density at radius 2 is 2.20 bits per heavy atom. The summed E-state index contributed by atoms with van der Waals surface area (Å²) in [6.07, 6.45) is 3.46. The number of primary amides is 1. The van der Waals surface area contributed by atoms with Crippen LogP contribution in [0.5, 0.6) is 0 Å². The molecule has 132 valence electrons. The molecule has 1 fully saturated rings. The molecule has 2 N–H and O–H groups in total. The van der Waals surface area contributed by atoms with Gasteiger partial charge in [0.25, 0.3) is 5.91 Å². The average Bonchev–Trinajstić information content (AvgIpc) is 3.15. The number of aromatic nitrogens is 1. The van der Waals surface area contributed by atoms with Crippen molar-refractivity contribution >= 4 is 23.2 Å². The fourth-order valence-electron chi connectivity index (χ4n) is 3.34. The molecule has 7 heteroatoms. The summed E-state index contributed by atoms with van der Waals surface area (Å²) in [6.45, 7) is 3.96. The van der Waals surface area contributed by atoms with E-state index < -0.39 is 0 Å². The van der Waals surface area contributed by atoms with Crippen molar-refractivity contribution in [3.8, 4) is 0 Å². The zero-order chi connectivity index (χ0) is 17.8. The topological polar surface area (TPSA) is 79.5 Å². The lowest BCUT2D eigenvalue weighted by Gasteiger charge is -2.43. The van der Waals surface area contributed by atoms with Crippen molar-refractivity contribution < 1.29 is 9.59 Å². The second kappa shape index (κ2) is 7.76. The first-order valence-corrected chi connectivity index (χ1v) is 9.21. The van der Waals surface area contributed by atoms with Gasteiger partial charge in [-0.3, -0.25) is 19.5 Å². The van der Waals surface area contributed by atoms with Crippen molar-refractivity contribution in [3.05, 3.63) is 52.5 Å². The molecule has 0 aliphatic carbocycles. The van der Waals surface area contributed by atoms with Gasteiger partial charge in [-0.15, -0.1) is 11.3 Å². The molecule has 3 heterocycles. The first kappa shape index (κ1) is 17.6. The van der Waals surface area contributed by atoms with Crippen molar-refractivity contribution in [1.82, 2.24) is 14.8 Å². The van der Waals surface area contributed by atoms with Crippen LogP contribution >= 0.6 is 11.3 Å². The van der Waals surface area contributed by atoms with Crippen LogP contribution in [0.4, 0.5) is 0 Å². The number of rotatable bonds is 5. The monoisotopic (exact) mass is 358 g/mol. The van der Waals surface area contributed by atoms with Crippen LogP contribution in [0.25, 0.3) is 0 Å². The smallest absolute Gasteiger partial charge is 0.255 e. The summed E-state index contributed by atoms with van der Waals surface area (Å²) in [7, 11) is 0. The normalized spacial score (nSPS) is 19.6. The fourth-order valence-corrected chi connectivity index (χ4v) is 4.15. The van der Waals surface area contributed by atoms with Crippen LogP contribution in [-0.4, -0.2) is 52.3 Å². The zero-order valence-electron chi connectivity index (χ0n) is 14.2. The summed E-state index contributed by atoms with van der Waals surface area (Å²) in [5, 5.41) is 2.05. The molecule has 2 unspecified atom stereocenters.